The van der Waals surface area contributed by atoms with Gasteiger partial charge in [-0.3, -0.25) is 4.90 Å². The highest BCUT2D eigenvalue weighted by molar-refractivity contribution is 5.21. The molecular weight excluding hydrogens is 234 g/mol. The number of unbranched alkanes of at least 4 members (excludes halogenated alkanes) is 1. The molecule has 0 fully saturated rings. The van der Waals surface area contributed by atoms with Crippen LogP contribution in [0.15, 0.2) is 18.2 Å². The topological polar surface area (TPSA) is 29.3 Å². The van der Waals surface area contributed by atoms with E-state index in [2.05, 4.69) is 18.7 Å². The van der Waals surface area contributed by atoms with E-state index in [1.165, 1.54) is 12.1 Å². The van der Waals surface area contributed by atoms with Crippen molar-refractivity contribution in [1.82, 2.24) is 4.90 Å². The summed E-state index contributed by atoms with van der Waals surface area (Å²) in [6.45, 7) is 6.36. The summed E-state index contributed by atoms with van der Waals surface area (Å²) in [7, 11) is 0. The maximum absolute atomic E-state index is 13.3. The zero-order chi connectivity index (χ0) is 13.5. The van der Waals surface area contributed by atoms with E-state index in [9.17, 15) is 8.78 Å². The van der Waals surface area contributed by atoms with E-state index < -0.39 is 11.6 Å². The molecule has 0 heterocycles. The van der Waals surface area contributed by atoms with Gasteiger partial charge >= 0.3 is 0 Å². The van der Waals surface area contributed by atoms with Gasteiger partial charge in [0.1, 0.15) is 0 Å². The molecule has 0 bridgehead atoms. The molecule has 0 amide bonds. The summed E-state index contributed by atoms with van der Waals surface area (Å²) in [4.78, 5) is 2.20. The van der Waals surface area contributed by atoms with Crippen molar-refractivity contribution >= 4 is 0 Å². The van der Waals surface area contributed by atoms with Gasteiger partial charge in [-0.25, -0.2) is 8.78 Å². The molecular formula is C14H22F2N2. The number of nitrogens with zero attached hydrogens (tertiary/aromatic N) is 1. The average molecular weight is 256 g/mol. The Kier molecular flexibility index (Phi) is 6.22. The van der Waals surface area contributed by atoms with Crippen molar-refractivity contribution in [1.29, 1.82) is 0 Å². The lowest BCUT2D eigenvalue weighted by atomic mass is 10.0. The van der Waals surface area contributed by atoms with Crippen molar-refractivity contribution in [3.05, 3.63) is 35.4 Å². The maximum atomic E-state index is 13.3. The lowest BCUT2D eigenvalue weighted by Gasteiger charge is -2.30. The number of rotatable bonds is 7. The van der Waals surface area contributed by atoms with Gasteiger partial charge < -0.3 is 5.73 Å². The van der Waals surface area contributed by atoms with Crippen molar-refractivity contribution < 1.29 is 8.78 Å². The van der Waals surface area contributed by atoms with Crippen LogP contribution in [0.3, 0.4) is 0 Å². The third kappa shape index (κ3) is 3.75. The van der Waals surface area contributed by atoms with Gasteiger partial charge in [-0.2, -0.15) is 0 Å². The lowest BCUT2D eigenvalue weighted by Crippen LogP contribution is -2.34. The van der Waals surface area contributed by atoms with Crippen molar-refractivity contribution in [2.75, 3.05) is 19.6 Å². The van der Waals surface area contributed by atoms with Crippen LogP contribution >= 0.6 is 0 Å². The van der Waals surface area contributed by atoms with Crippen molar-refractivity contribution in [2.45, 2.75) is 32.7 Å². The Morgan fingerprint density at radius 1 is 1.22 bits per heavy atom. The minimum atomic E-state index is -0.814. The first-order valence-corrected chi connectivity index (χ1v) is 6.53. The van der Waals surface area contributed by atoms with Crippen LogP contribution in [0.25, 0.3) is 0 Å². The van der Waals surface area contributed by atoms with Crippen LogP contribution in [-0.2, 0) is 0 Å². The van der Waals surface area contributed by atoms with Gasteiger partial charge in [0.2, 0.25) is 0 Å². The Labute approximate surface area is 108 Å². The molecule has 1 aromatic carbocycles. The highest BCUT2D eigenvalue weighted by Gasteiger charge is 2.18. The zero-order valence-electron chi connectivity index (χ0n) is 11.1. The van der Waals surface area contributed by atoms with E-state index in [1.807, 2.05) is 0 Å². The minimum absolute atomic E-state index is 0.0448. The number of hydrogen-bond acceptors (Lipinski definition) is 2. The van der Waals surface area contributed by atoms with Gasteiger partial charge in [-0.05, 0) is 37.2 Å². The molecule has 0 aliphatic rings. The molecule has 1 unspecified atom stereocenters. The molecule has 0 aromatic heterocycles. The third-order valence-electron chi connectivity index (χ3n) is 3.20. The average Bonchev–Trinajstić information content (AvgIpc) is 2.38. The van der Waals surface area contributed by atoms with Crippen LogP contribution in [0.1, 0.15) is 38.3 Å². The fourth-order valence-corrected chi connectivity index (χ4v) is 2.11. The Morgan fingerprint density at radius 3 is 2.44 bits per heavy atom. The molecule has 102 valence electrons. The zero-order valence-corrected chi connectivity index (χ0v) is 11.1. The molecule has 0 saturated heterocycles. The van der Waals surface area contributed by atoms with E-state index >= 15 is 0 Å². The van der Waals surface area contributed by atoms with Crippen LogP contribution in [0.5, 0.6) is 0 Å². The van der Waals surface area contributed by atoms with Crippen LogP contribution in [0.2, 0.25) is 0 Å². The van der Waals surface area contributed by atoms with Crippen molar-refractivity contribution in [3.8, 4) is 0 Å². The normalized spacial score (nSPS) is 13.0. The number of benzene rings is 1. The maximum Gasteiger partial charge on any atom is 0.159 e. The largest absolute Gasteiger partial charge is 0.329 e. The first-order valence-electron chi connectivity index (χ1n) is 6.53. The van der Waals surface area contributed by atoms with Gasteiger partial charge in [0, 0.05) is 12.6 Å². The summed E-state index contributed by atoms with van der Waals surface area (Å²) in [6, 6.07) is 3.99. The smallest absolute Gasteiger partial charge is 0.159 e. The molecule has 0 spiro atoms. The van der Waals surface area contributed by atoms with Crippen molar-refractivity contribution in [2.24, 2.45) is 5.73 Å². The lowest BCUT2D eigenvalue weighted by molar-refractivity contribution is 0.208. The van der Waals surface area contributed by atoms with E-state index in [-0.39, 0.29) is 6.04 Å². The molecule has 0 aliphatic carbocycles. The van der Waals surface area contributed by atoms with Crippen LogP contribution < -0.4 is 5.73 Å². The molecule has 0 saturated carbocycles. The van der Waals surface area contributed by atoms with Crippen LogP contribution in [0.4, 0.5) is 8.78 Å². The van der Waals surface area contributed by atoms with Crippen molar-refractivity contribution in [3.63, 3.8) is 0 Å². The Balaban J connectivity index is 2.88. The first-order chi connectivity index (χ1) is 8.63. The highest BCUT2D eigenvalue weighted by atomic mass is 19.2. The molecule has 4 heteroatoms. The standard InChI is InChI=1S/C14H22F2N2/c1-3-5-8-18(4-2)14(10-17)11-6-7-12(15)13(16)9-11/h6-7,9,14H,3-5,8,10,17H2,1-2H3. The predicted octanol–water partition coefficient (Wildman–Crippen LogP) is 3.09. The third-order valence-corrected chi connectivity index (χ3v) is 3.20. The number of hydrogen-bond donors (Lipinski definition) is 1. The van der Waals surface area contributed by atoms with Gasteiger partial charge in [-0.15, -0.1) is 0 Å². The monoisotopic (exact) mass is 256 g/mol. The Hall–Kier alpha value is -1.00. The second-order valence-corrected chi connectivity index (χ2v) is 4.41. The van der Waals surface area contributed by atoms with Gasteiger partial charge in [0.15, 0.2) is 11.6 Å². The van der Waals surface area contributed by atoms with E-state index in [0.717, 1.165) is 31.5 Å². The number of nitrogens with two attached hydrogens (primary N) is 1. The fraction of sp³-hybridized carbons (Fsp3) is 0.571. The SMILES string of the molecule is CCCCN(CC)C(CN)c1ccc(F)c(F)c1. The fourth-order valence-electron chi connectivity index (χ4n) is 2.11. The summed E-state index contributed by atoms with van der Waals surface area (Å²) in [5.74, 6) is -1.62. The molecule has 2 nitrogen and oxygen atoms in total. The minimum Gasteiger partial charge on any atom is -0.329 e. The summed E-state index contributed by atoms with van der Waals surface area (Å²) >= 11 is 0. The number of likely N-dealkylation sites (N-methyl/N-ethyl adjacent to an activating group) is 1. The van der Waals surface area contributed by atoms with Gasteiger partial charge in [0.05, 0.1) is 0 Å². The molecule has 1 rings (SSSR count). The molecule has 1 aromatic rings. The second kappa shape index (κ2) is 7.44. The van der Waals surface area contributed by atoms with E-state index in [0.29, 0.717) is 6.54 Å². The molecule has 2 N–H and O–H groups in total. The number of halogens is 2. The molecule has 0 radical (unpaired) electrons. The Morgan fingerprint density at radius 2 is 1.94 bits per heavy atom. The predicted molar refractivity (Wildman–Crippen MR) is 70.3 cm³/mol. The van der Waals surface area contributed by atoms with E-state index in [4.69, 9.17) is 5.73 Å². The second-order valence-electron chi connectivity index (χ2n) is 4.41. The van der Waals surface area contributed by atoms with E-state index in [1.54, 1.807) is 6.07 Å². The first kappa shape index (κ1) is 15.1. The Bertz CT molecular complexity index is 369. The van der Waals surface area contributed by atoms with Gasteiger partial charge in [-0.1, -0.05) is 26.3 Å². The highest BCUT2D eigenvalue weighted by Crippen LogP contribution is 2.22. The quantitative estimate of drug-likeness (QED) is 0.812. The molecule has 18 heavy (non-hydrogen) atoms. The van der Waals surface area contributed by atoms with Crippen LogP contribution in [-0.4, -0.2) is 24.5 Å². The summed E-state index contributed by atoms with van der Waals surface area (Å²) in [6.07, 6.45) is 2.18. The van der Waals surface area contributed by atoms with Crippen LogP contribution in [0, 0.1) is 11.6 Å². The van der Waals surface area contributed by atoms with Gasteiger partial charge in [0.25, 0.3) is 0 Å². The summed E-state index contributed by atoms with van der Waals surface area (Å²) in [5, 5.41) is 0. The summed E-state index contributed by atoms with van der Waals surface area (Å²) < 4.78 is 26.2. The molecule has 0 aliphatic heterocycles. The molecule has 1 atom stereocenters. The summed E-state index contributed by atoms with van der Waals surface area (Å²) in [5.41, 5.74) is 6.53.